The zero-order valence-corrected chi connectivity index (χ0v) is 16.3. The highest BCUT2D eigenvalue weighted by Gasteiger charge is 2.04. The van der Waals surface area contributed by atoms with Gasteiger partial charge in [-0.1, -0.05) is 58.0 Å². The van der Waals surface area contributed by atoms with E-state index in [1.165, 1.54) is 16.5 Å². The number of pyridine rings is 2. The summed E-state index contributed by atoms with van der Waals surface area (Å²) in [4.78, 5) is 8.65. The largest absolute Gasteiger partial charge is 0.506 e. The minimum atomic E-state index is 0.248. The van der Waals surface area contributed by atoms with Crippen LogP contribution in [0.4, 0.5) is 0 Å². The molecule has 0 amide bonds. The Labute approximate surface area is 160 Å². The zero-order valence-electron chi connectivity index (χ0n) is 16.3. The highest BCUT2D eigenvalue weighted by Crippen LogP contribution is 2.25. The number of nitrogens with zero attached hydrogens (tertiary/aromatic N) is 2. The van der Waals surface area contributed by atoms with Crippen molar-refractivity contribution in [1.29, 1.82) is 0 Å². The molecule has 0 spiro atoms. The van der Waals surface area contributed by atoms with Gasteiger partial charge in [-0.2, -0.15) is 0 Å². The van der Waals surface area contributed by atoms with Crippen LogP contribution >= 0.6 is 0 Å². The van der Waals surface area contributed by atoms with Crippen molar-refractivity contribution in [3.05, 3.63) is 78.1 Å². The third kappa shape index (κ3) is 4.43. The molecule has 0 radical (unpaired) electrons. The van der Waals surface area contributed by atoms with Gasteiger partial charge >= 0.3 is 0 Å². The van der Waals surface area contributed by atoms with E-state index in [1.807, 2.05) is 42.7 Å². The van der Waals surface area contributed by atoms with E-state index in [2.05, 4.69) is 55.9 Å². The van der Waals surface area contributed by atoms with Crippen LogP contribution in [0.2, 0.25) is 0 Å². The molecule has 0 saturated carbocycles. The standard InChI is InChI=1S/C12H13NO.C12H13N/c1-8(2)10-6-9-4-3-5-11(14)12(9)13-7-10;1-9(2)11-7-10-5-3-4-6-12(10)13-8-11/h3-8,14H,1-2H3;3-9H,1-2H3. The normalized spacial score (nSPS) is 11.0. The molecular formula is C24H26N2O. The number of benzene rings is 2. The van der Waals surface area contributed by atoms with Crippen LogP contribution in [-0.2, 0) is 0 Å². The third-order valence-corrected chi connectivity index (χ3v) is 4.66. The van der Waals surface area contributed by atoms with Gasteiger partial charge < -0.3 is 5.11 Å². The molecule has 3 heteroatoms. The van der Waals surface area contributed by atoms with Crippen molar-refractivity contribution in [2.24, 2.45) is 0 Å². The molecule has 0 fully saturated rings. The van der Waals surface area contributed by atoms with E-state index in [1.54, 1.807) is 6.07 Å². The second-order valence-corrected chi connectivity index (χ2v) is 7.39. The van der Waals surface area contributed by atoms with Crippen LogP contribution in [0.15, 0.2) is 67.0 Å². The number of phenols is 1. The van der Waals surface area contributed by atoms with E-state index < -0.39 is 0 Å². The average molecular weight is 358 g/mol. The van der Waals surface area contributed by atoms with Gasteiger partial charge in [0.15, 0.2) is 0 Å². The molecule has 3 nitrogen and oxygen atoms in total. The predicted octanol–water partition coefficient (Wildman–Crippen LogP) is 6.42. The monoisotopic (exact) mass is 358 g/mol. The molecular weight excluding hydrogens is 332 g/mol. The second-order valence-electron chi connectivity index (χ2n) is 7.39. The van der Waals surface area contributed by atoms with Crippen molar-refractivity contribution in [3.63, 3.8) is 0 Å². The number of rotatable bonds is 2. The minimum absolute atomic E-state index is 0.248. The van der Waals surface area contributed by atoms with E-state index in [9.17, 15) is 5.11 Å². The fourth-order valence-electron chi connectivity index (χ4n) is 2.88. The molecule has 0 atom stereocenters. The van der Waals surface area contributed by atoms with E-state index in [0.29, 0.717) is 17.4 Å². The molecule has 0 saturated heterocycles. The van der Waals surface area contributed by atoms with E-state index in [4.69, 9.17) is 0 Å². The maximum absolute atomic E-state index is 9.54. The first-order chi connectivity index (χ1) is 13.0. The molecule has 138 valence electrons. The summed E-state index contributed by atoms with van der Waals surface area (Å²) in [5.41, 5.74) is 4.26. The maximum Gasteiger partial charge on any atom is 0.141 e. The molecule has 2 aromatic heterocycles. The van der Waals surface area contributed by atoms with Gasteiger partial charge in [-0.25, -0.2) is 0 Å². The Hall–Kier alpha value is -2.94. The molecule has 0 bridgehead atoms. The number of phenolic OH excluding ortho intramolecular Hbond substituents is 1. The van der Waals surface area contributed by atoms with Crippen molar-refractivity contribution >= 4 is 21.8 Å². The fraction of sp³-hybridized carbons (Fsp3) is 0.250. The van der Waals surface area contributed by atoms with Gasteiger partial charge in [-0.05, 0) is 47.2 Å². The Morgan fingerprint density at radius 3 is 2.00 bits per heavy atom. The van der Waals surface area contributed by atoms with Crippen LogP contribution in [0, 0.1) is 0 Å². The predicted molar refractivity (Wildman–Crippen MR) is 113 cm³/mol. The van der Waals surface area contributed by atoms with Crippen LogP contribution in [0.3, 0.4) is 0 Å². The lowest BCUT2D eigenvalue weighted by molar-refractivity contribution is 0.480. The van der Waals surface area contributed by atoms with Crippen LogP contribution in [0.5, 0.6) is 5.75 Å². The van der Waals surface area contributed by atoms with E-state index in [0.717, 1.165) is 10.9 Å². The lowest BCUT2D eigenvalue weighted by atomic mass is 10.0. The molecule has 27 heavy (non-hydrogen) atoms. The van der Waals surface area contributed by atoms with Crippen LogP contribution in [0.25, 0.3) is 21.8 Å². The van der Waals surface area contributed by atoms with Crippen molar-refractivity contribution in [1.82, 2.24) is 9.97 Å². The lowest BCUT2D eigenvalue weighted by Gasteiger charge is -2.06. The minimum Gasteiger partial charge on any atom is -0.506 e. The Morgan fingerprint density at radius 1 is 0.704 bits per heavy atom. The summed E-state index contributed by atoms with van der Waals surface area (Å²) in [6, 6.07) is 18.0. The summed E-state index contributed by atoms with van der Waals surface area (Å²) in [5.74, 6) is 1.27. The molecule has 4 aromatic rings. The maximum atomic E-state index is 9.54. The first-order valence-corrected chi connectivity index (χ1v) is 9.38. The summed E-state index contributed by atoms with van der Waals surface area (Å²) < 4.78 is 0. The molecule has 1 N–H and O–H groups in total. The first kappa shape index (κ1) is 18.8. The lowest BCUT2D eigenvalue weighted by Crippen LogP contribution is -1.89. The molecule has 4 rings (SSSR count). The molecule has 0 aliphatic rings. The zero-order chi connectivity index (χ0) is 19.4. The topological polar surface area (TPSA) is 46.0 Å². The highest BCUT2D eigenvalue weighted by atomic mass is 16.3. The van der Waals surface area contributed by atoms with Crippen LogP contribution in [-0.4, -0.2) is 15.1 Å². The second kappa shape index (κ2) is 8.17. The molecule has 0 aliphatic carbocycles. The first-order valence-electron chi connectivity index (χ1n) is 9.38. The van der Waals surface area contributed by atoms with Crippen LogP contribution in [0.1, 0.15) is 50.7 Å². The van der Waals surface area contributed by atoms with Gasteiger partial charge in [0.1, 0.15) is 11.3 Å². The van der Waals surface area contributed by atoms with Gasteiger partial charge in [0.25, 0.3) is 0 Å². The fourth-order valence-corrected chi connectivity index (χ4v) is 2.88. The number of aromatic hydroxyl groups is 1. The van der Waals surface area contributed by atoms with Gasteiger partial charge in [0.05, 0.1) is 5.52 Å². The van der Waals surface area contributed by atoms with E-state index in [-0.39, 0.29) is 5.75 Å². The third-order valence-electron chi connectivity index (χ3n) is 4.66. The van der Waals surface area contributed by atoms with Gasteiger partial charge in [-0.15, -0.1) is 0 Å². The highest BCUT2D eigenvalue weighted by molar-refractivity contribution is 5.84. The SMILES string of the molecule is CC(C)c1cnc2c(O)cccc2c1.CC(C)c1cnc2ccccc2c1. The Kier molecular flexibility index (Phi) is 5.70. The number of para-hydroxylation sites is 2. The molecule has 0 aliphatic heterocycles. The Bertz CT molecular complexity index is 1050. The van der Waals surface area contributed by atoms with Crippen molar-refractivity contribution < 1.29 is 5.11 Å². The van der Waals surface area contributed by atoms with Crippen molar-refractivity contribution in [2.45, 2.75) is 39.5 Å². The Balaban J connectivity index is 0.000000156. The number of hydrogen-bond donors (Lipinski definition) is 1. The molecule has 0 unspecified atom stereocenters. The summed E-state index contributed by atoms with van der Waals surface area (Å²) >= 11 is 0. The van der Waals surface area contributed by atoms with Gasteiger partial charge in [0.2, 0.25) is 0 Å². The quantitative estimate of drug-likeness (QED) is 0.449. The van der Waals surface area contributed by atoms with Gasteiger partial charge in [-0.3, -0.25) is 9.97 Å². The van der Waals surface area contributed by atoms with Crippen molar-refractivity contribution in [2.75, 3.05) is 0 Å². The molecule has 2 aromatic carbocycles. The number of hydrogen-bond acceptors (Lipinski definition) is 3. The summed E-state index contributed by atoms with van der Waals surface area (Å²) in [5, 5.41) is 11.8. The Morgan fingerprint density at radius 2 is 1.30 bits per heavy atom. The summed E-state index contributed by atoms with van der Waals surface area (Å²) in [7, 11) is 0. The van der Waals surface area contributed by atoms with Gasteiger partial charge in [0, 0.05) is 23.2 Å². The average Bonchev–Trinajstić information content (AvgIpc) is 2.68. The number of fused-ring (bicyclic) bond motifs is 2. The van der Waals surface area contributed by atoms with E-state index >= 15 is 0 Å². The summed E-state index contributed by atoms with van der Waals surface area (Å²) in [6.07, 6.45) is 3.79. The smallest absolute Gasteiger partial charge is 0.141 e. The summed E-state index contributed by atoms with van der Waals surface area (Å²) in [6.45, 7) is 8.63. The molecule has 2 heterocycles. The number of aromatic nitrogens is 2. The van der Waals surface area contributed by atoms with Crippen LogP contribution < -0.4 is 0 Å². The van der Waals surface area contributed by atoms with Crippen molar-refractivity contribution in [3.8, 4) is 5.75 Å².